The average molecular weight is 300 g/mol. The van der Waals surface area contributed by atoms with Crippen LogP contribution < -0.4 is 5.32 Å². The lowest BCUT2D eigenvalue weighted by Gasteiger charge is -2.22. The molecule has 1 aliphatic heterocycles. The van der Waals surface area contributed by atoms with Crippen molar-refractivity contribution in [3.8, 4) is 0 Å². The summed E-state index contributed by atoms with van der Waals surface area (Å²) in [6.45, 7) is 0. The standard InChI is InChI=1S/C13H11ClFNO2S/c14-10-8(15)5-6-3-1-2-4-7(6)9(10)11-12(17)16-13(18)19-11/h5,11H,1-4H2,(H,16,17,18). The van der Waals surface area contributed by atoms with Crippen molar-refractivity contribution in [2.45, 2.75) is 30.9 Å². The van der Waals surface area contributed by atoms with Crippen LogP contribution in [0.25, 0.3) is 0 Å². The number of halogens is 2. The third-order valence-corrected chi connectivity index (χ3v) is 4.92. The molecule has 1 heterocycles. The molecule has 3 rings (SSSR count). The Morgan fingerprint density at radius 1 is 1.32 bits per heavy atom. The number of benzene rings is 1. The number of thioether (sulfide) groups is 1. The molecule has 3 nitrogen and oxygen atoms in total. The molecule has 1 unspecified atom stereocenters. The summed E-state index contributed by atoms with van der Waals surface area (Å²) in [6.07, 6.45) is 3.58. The molecule has 1 atom stereocenters. The molecule has 1 N–H and O–H groups in total. The molecule has 2 amide bonds. The molecular formula is C13H11ClFNO2S. The van der Waals surface area contributed by atoms with Gasteiger partial charge in [-0.25, -0.2) is 4.39 Å². The highest BCUT2D eigenvalue weighted by atomic mass is 35.5. The molecule has 1 aromatic rings. The highest BCUT2D eigenvalue weighted by Gasteiger charge is 2.37. The van der Waals surface area contributed by atoms with Gasteiger partial charge in [0.1, 0.15) is 11.1 Å². The lowest BCUT2D eigenvalue weighted by atomic mass is 9.86. The largest absolute Gasteiger partial charge is 0.286 e. The zero-order valence-corrected chi connectivity index (χ0v) is 11.5. The Balaban J connectivity index is 2.16. The van der Waals surface area contributed by atoms with Crippen molar-refractivity contribution in [1.29, 1.82) is 0 Å². The summed E-state index contributed by atoms with van der Waals surface area (Å²) in [5, 5.41) is 1.08. The predicted octanol–water partition coefficient (Wildman–Crippen LogP) is 3.38. The molecule has 0 aromatic heterocycles. The fraction of sp³-hybridized carbons (Fsp3) is 0.385. The first-order chi connectivity index (χ1) is 9.08. The van der Waals surface area contributed by atoms with Crippen LogP contribution in [-0.4, -0.2) is 11.1 Å². The summed E-state index contributed by atoms with van der Waals surface area (Å²) >= 11 is 6.92. The second-order valence-electron chi connectivity index (χ2n) is 4.71. The lowest BCUT2D eigenvalue weighted by molar-refractivity contribution is -0.119. The second-order valence-corrected chi connectivity index (χ2v) is 6.16. The molecule has 1 aliphatic carbocycles. The number of amides is 2. The van der Waals surface area contributed by atoms with E-state index in [-0.39, 0.29) is 5.02 Å². The minimum Gasteiger partial charge on any atom is -0.286 e. The van der Waals surface area contributed by atoms with Gasteiger partial charge < -0.3 is 0 Å². The molecule has 0 bridgehead atoms. The van der Waals surface area contributed by atoms with Crippen LogP contribution >= 0.6 is 23.4 Å². The molecule has 19 heavy (non-hydrogen) atoms. The zero-order chi connectivity index (χ0) is 13.6. The SMILES string of the molecule is O=C1NC(=O)C(c2c(Cl)c(F)cc3c2CCCC3)S1. The number of carbonyl (C=O) groups is 2. The van der Waals surface area contributed by atoms with Crippen LogP contribution in [-0.2, 0) is 17.6 Å². The number of hydrogen-bond donors (Lipinski definition) is 1. The Hall–Kier alpha value is -1.07. The van der Waals surface area contributed by atoms with Crippen molar-refractivity contribution >= 4 is 34.5 Å². The molecule has 0 saturated carbocycles. The number of nitrogens with one attached hydrogen (secondary N) is 1. The number of aryl methyl sites for hydroxylation is 1. The number of carbonyl (C=O) groups excluding carboxylic acids is 2. The van der Waals surface area contributed by atoms with E-state index in [4.69, 9.17) is 11.6 Å². The summed E-state index contributed by atoms with van der Waals surface area (Å²) in [7, 11) is 0. The van der Waals surface area contributed by atoms with Crippen molar-refractivity contribution in [2.24, 2.45) is 0 Å². The molecule has 2 aliphatic rings. The first-order valence-electron chi connectivity index (χ1n) is 6.09. The van der Waals surface area contributed by atoms with E-state index >= 15 is 0 Å². The van der Waals surface area contributed by atoms with E-state index < -0.39 is 22.2 Å². The van der Waals surface area contributed by atoms with Gasteiger partial charge in [-0.1, -0.05) is 11.6 Å². The maximum atomic E-state index is 13.9. The third-order valence-electron chi connectivity index (χ3n) is 3.53. The third kappa shape index (κ3) is 2.15. The van der Waals surface area contributed by atoms with Crippen LogP contribution in [0.1, 0.15) is 34.8 Å². The highest BCUT2D eigenvalue weighted by Crippen LogP contribution is 2.43. The Bertz CT molecular complexity index is 590. The van der Waals surface area contributed by atoms with E-state index in [0.717, 1.165) is 48.6 Å². The molecule has 0 spiro atoms. The van der Waals surface area contributed by atoms with Gasteiger partial charge in [0.25, 0.3) is 5.24 Å². The van der Waals surface area contributed by atoms with E-state index in [1.54, 1.807) is 0 Å². The van der Waals surface area contributed by atoms with Gasteiger partial charge in [-0.3, -0.25) is 14.9 Å². The smallest absolute Gasteiger partial charge is 0.286 e. The maximum Gasteiger partial charge on any atom is 0.286 e. The Morgan fingerprint density at radius 3 is 2.74 bits per heavy atom. The minimum atomic E-state index is -0.720. The molecule has 1 fully saturated rings. The van der Waals surface area contributed by atoms with Crippen molar-refractivity contribution in [2.75, 3.05) is 0 Å². The Kier molecular flexibility index (Phi) is 3.27. The molecule has 100 valence electrons. The van der Waals surface area contributed by atoms with Gasteiger partial charge >= 0.3 is 0 Å². The fourth-order valence-corrected chi connectivity index (χ4v) is 3.95. The number of hydrogen-bond acceptors (Lipinski definition) is 3. The maximum absolute atomic E-state index is 13.9. The molecule has 1 saturated heterocycles. The summed E-state index contributed by atoms with van der Waals surface area (Å²) in [4.78, 5) is 23.1. The van der Waals surface area contributed by atoms with Gasteiger partial charge in [0.05, 0.1) is 5.02 Å². The van der Waals surface area contributed by atoms with Crippen LogP contribution in [0.4, 0.5) is 9.18 Å². The van der Waals surface area contributed by atoms with Crippen LogP contribution in [0, 0.1) is 5.82 Å². The normalized spacial score (nSPS) is 22.3. The minimum absolute atomic E-state index is 0.0250. The van der Waals surface area contributed by atoms with E-state index in [9.17, 15) is 14.0 Å². The fourth-order valence-electron chi connectivity index (χ4n) is 2.69. The quantitative estimate of drug-likeness (QED) is 0.864. The van der Waals surface area contributed by atoms with E-state index in [0.29, 0.717) is 5.56 Å². The Morgan fingerprint density at radius 2 is 2.05 bits per heavy atom. The second kappa shape index (κ2) is 4.80. The number of imide groups is 1. The summed E-state index contributed by atoms with van der Waals surface area (Å²) < 4.78 is 13.9. The topological polar surface area (TPSA) is 46.2 Å². The molecular weight excluding hydrogens is 289 g/mol. The highest BCUT2D eigenvalue weighted by molar-refractivity contribution is 8.15. The van der Waals surface area contributed by atoms with Crippen LogP contribution in [0.3, 0.4) is 0 Å². The van der Waals surface area contributed by atoms with Crippen molar-refractivity contribution in [3.05, 3.63) is 33.6 Å². The number of rotatable bonds is 1. The molecule has 1 aromatic carbocycles. The van der Waals surface area contributed by atoms with Crippen molar-refractivity contribution < 1.29 is 14.0 Å². The van der Waals surface area contributed by atoms with Gasteiger partial charge in [0, 0.05) is 5.56 Å². The van der Waals surface area contributed by atoms with Gasteiger partial charge in [0.15, 0.2) is 0 Å². The van der Waals surface area contributed by atoms with Crippen molar-refractivity contribution in [1.82, 2.24) is 5.32 Å². The first-order valence-corrected chi connectivity index (χ1v) is 7.35. The summed E-state index contributed by atoms with van der Waals surface area (Å²) in [5.41, 5.74) is 2.35. The van der Waals surface area contributed by atoms with Crippen molar-refractivity contribution in [3.63, 3.8) is 0 Å². The molecule has 0 radical (unpaired) electrons. The zero-order valence-electron chi connectivity index (χ0n) is 9.96. The summed E-state index contributed by atoms with van der Waals surface area (Å²) in [6, 6.07) is 1.46. The van der Waals surface area contributed by atoms with Gasteiger partial charge in [0.2, 0.25) is 5.91 Å². The Labute approximate surface area is 118 Å². The first kappa shape index (κ1) is 12.9. The van der Waals surface area contributed by atoms with Crippen LogP contribution in [0.15, 0.2) is 6.07 Å². The van der Waals surface area contributed by atoms with Crippen LogP contribution in [0.2, 0.25) is 5.02 Å². The van der Waals surface area contributed by atoms with Gasteiger partial charge in [-0.15, -0.1) is 0 Å². The molecule has 6 heteroatoms. The van der Waals surface area contributed by atoms with Gasteiger partial charge in [-0.05, 0) is 54.6 Å². The average Bonchev–Trinajstić information content (AvgIpc) is 2.70. The lowest BCUT2D eigenvalue weighted by Crippen LogP contribution is -2.22. The van der Waals surface area contributed by atoms with E-state index in [2.05, 4.69) is 5.32 Å². The van der Waals surface area contributed by atoms with E-state index in [1.165, 1.54) is 6.07 Å². The predicted molar refractivity (Wildman–Crippen MR) is 71.9 cm³/mol. The monoisotopic (exact) mass is 299 g/mol. The van der Waals surface area contributed by atoms with E-state index in [1.807, 2.05) is 0 Å². The number of fused-ring (bicyclic) bond motifs is 1. The van der Waals surface area contributed by atoms with Crippen LogP contribution in [0.5, 0.6) is 0 Å². The van der Waals surface area contributed by atoms with Gasteiger partial charge in [-0.2, -0.15) is 0 Å². The summed E-state index contributed by atoms with van der Waals surface area (Å²) in [5.74, 6) is -0.916.